The number of carboxylic acid groups (broad SMARTS) is 2. The monoisotopic (exact) mass is 282 g/mol. The number of aliphatic carboxylic acids is 2. The van der Waals surface area contributed by atoms with Gasteiger partial charge in [-0.25, -0.2) is 4.79 Å². The topological polar surface area (TPSA) is 139 Å². The van der Waals surface area contributed by atoms with Gasteiger partial charge in [0.15, 0.2) is 6.61 Å². The lowest BCUT2D eigenvalue weighted by Gasteiger charge is -2.13. The molecule has 0 aliphatic heterocycles. The van der Waals surface area contributed by atoms with Gasteiger partial charge in [0.25, 0.3) is 0 Å². The summed E-state index contributed by atoms with van der Waals surface area (Å²) in [5.74, 6) is -2.89. The second-order valence-electron chi connectivity index (χ2n) is 3.87. The molecule has 108 valence electrons. The van der Waals surface area contributed by atoms with Crippen LogP contribution in [0.2, 0.25) is 0 Å². The molecule has 1 rings (SSSR count). The number of hydrogen-bond donors (Lipinski definition) is 4. The van der Waals surface area contributed by atoms with E-state index in [-0.39, 0.29) is 11.4 Å². The van der Waals surface area contributed by atoms with Crippen LogP contribution >= 0.6 is 0 Å². The molecule has 1 atom stereocenters. The smallest absolute Gasteiger partial charge is 0.341 e. The van der Waals surface area contributed by atoms with E-state index >= 15 is 0 Å². The van der Waals surface area contributed by atoms with E-state index in [1.165, 1.54) is 12.1 Å². The Bertz CT molecular complexity index is 516. The number of hydrogen-bond acceptors (Lipinski definition) is 5. The van der Waals surface area contributed by atoms with Crippen LogP contribution in [0, 0.1) is 0 Å². The van der Waals surface area contributed by atoms with E-state index in [0.717, 1.165) is 0 Å². The molecular formula is C12H14N2O6. The molecule has 1 unspecified atom stereocenters. The van der Waals surface area contributed by atoms with Gasteiger partial charge in [-0.3, -0.25) is 9.59 Å². The second-order valence-corrected chi connectivity index (χ2v) is 3.87. The molecule has 0 saturated carbocycles. The summed E-state index contributed by atoms with van der Waals surface area (Å²) in [5.41, 5.74) is 5.63. The van der Waals surface area contributed by atoms with Crippen molar-refractivity contribution in [2.75, 3.05) is 11.9 Å². The minimum absolute atomic E-state index is 0.158. The number of anilines is 1. The maximum absolute atomic E-state index is 11.7. The number of ether oxygens (including phenoxy) is 1. The summed E-state index contributed by atoms with van der Waals surface area (Å²) in [6, 6.07) is 4.96. The molecule has 0 bridgehead atoms. The third-order valence-electron chi connectivity index (χ3n) is 2.23. The largest absolute Gasteiger partial charge is 0.481 e. The van der Waals surface area contributed by atoms with Crippen LogP contribution in [0.5, 0.6) is 5.75 Å². The molecule has 0 spiro atoms. The predicted octanol–water partition coefficient (Wildman–Crippen LogP) is -0.110. The van der Waals surface area contributed by atoms with Crippen molar-refractivity contribution in [1.29, 1.82) is 0 Å². The van der Waals surface area contributed by atoms with Crippen molar-refractivity contribution in [3.63, 3.8) is 0 Å². The first-order chi connectivity index (χ1) is 9.40. The van der Waals surface area contributed by atoms with E-state index in [9.17, 15) is 14.4 Å². The number of carbonyl (C=O) groups is 3. The fourth-order valence-electron chi connectivity index (χ4n) is 1.34. The van der Waals surface area contributed by atoms with Crippen molar-refractivity contribution in [1.82, 2.24) is 0 Å². The van der Waals surface area contributed by atoms with Gasteiger partial charge in [0.1, 0.15) is 5.75 Å². The van der Waals surface area contributed by atoms with Crippen molar-refractivity contribution in [3.05, 3.63) is 24.3 Å². The molecule has 0 radical (unpaired) electrons. The molecular weight excluding hydrogens is 268 g/mol. The lowest BCUT2D eigenvalue weighted by molar-refractivity contribution is -0.139. The molecule has 0 aromatic heterocycles. The van der Waals surface area contributed by atoms with Gasteiger partial charge in [-0.2, -0.15) is 0 Å². The van der Waals surface area contributed by atoms with Crippen LogP contribution < -0.4 is 15.8 Å². The van der Waals surface area contributed by atoms with Crippen molar-refractivity contribution in [3.8, 4) is 5.75 Å². The van der Waals surface area contributed by atoms with Gasteiger partial charge in [-0.15, -0.1) is 0 Å². The summed E-state index contributed by atoms with van der Waals surface area (Å²) in [7, 11) is 0. The molecule has 1 aromatic carbocycles. The highest BCUT2D eigenvalue weighted by atomic mass is 16.5. The predicted molar refractivity (Wildman–Crippen MR) is 68.4 cm³/mol. The number of nitrogens with two attached hydrogens (primary N) is 1. The van der Waals surface area contributed by atoms with Crippen molar-refractivity contribution in [2.45, 2.75) is 12.5 Å². The molecule has 8 nitrogen and oxygen atoms in total. The summed E-state index contributed by atoms with van der Waals surface area (Å²) in [4.78, 5) is 32.6. The van der Waals surface area contributed by atoms with Crippen molar-refractivity contribution in [2.24, 2.45) is 5.73 Å². The van der Waals surface area contributed by atoms with Crippen LogP contribution in [0.15, 0.2) is 24.3 Å². The molecule has 8 heteroatoms. The third kappa shape index (κ3) is 4.94. The maximum Gasteiger partial charge on any atom is 0.341 e. The summed E-state index contributed by atoms with van der Waals surface area (Å²) in [6.07, 6.45) is -0.510. The fourth-order valence-corrected chi connectivity index (χ4v) is 1.34. The normalized spacial score (nSPS) is 11.4. The average molecular weight is 282 g/mol. The highest BCUT2D eigenvalue weighted by Gasteiger charge is 2.18. The lowest BCUT2D eigenvalue weighted by Crippen LogP contribution is -2.37. The molecule has 0 aliphatic rings. The van der Waals surface area contributed by atoms with Crippen LogP contribution in [-0.4, -0.2) is 40.7 Å². The van der Waals surface area contributed by atoms with Gasteiger partial charge in [0.2, 0.25) is 5.91 Å². The number of rotatable bonds is 7. The molecule has 1 aromatic rings. The number of nitrogens with one attached hydrogen (secondary N) is 1. The number of amides is 1. The Hall–Kier alpha value is -2.61. The molecule has 0 aliphatic carbocycles. The standard InChI is InChI=1S/C12H14N2O6/c13-7(5-10(15)16)12(19)14-8-3-1-2-4-9(8)20-6-11(17)18/h1-4,7H,5-6,13H2,(H,14,19)(H,15,16)(H,17,18). The minimum Gasteiger partial charge on any atom is -0.481 e. The van der Waals surface area contributed by atoms with Gasteiger partial charge < -0.3 is 26.0 Å². The summed E-state index contributed by atoms with van der Waals surface area (Å²) < 4.78 is 4.99. The zero-order chi connectivity index (χ0) is 15.1. The Morgan fingerprint density at radius 2 is 1.85 bits per heavy atom. The molecule has 0 saturated heterocycles. The zero-order valence-corrected chi connectivity index (χ0v) is 10.4. The second kappa shape index (κ2) is 7.10. The SMILES string of the molecule is NC(CC(=O)O)C(=O)Nc1ccccc1OCC(=O)O. The van der Waals surface area contributed by atoms with E-state index in [1.54, 1.807) is 12.1 Å². The molecule has 1 amide bonds. The van der Waals surface area contributed by atoms with Crippen LogP contribution in [0.3, 0.4) is 0 Å². The van der Waals surface area contributed by atoms with Crippen LogP contribution in [-0.2, 0) is 14.4 Å². The Balaban J connectivity index is 2.73. The number of carbonyl (C=O) groups excluding carboxylic acids is 1. The Morgan fingerprint density at radius 1 is 1.20 bits per heavy atom. The van der Waals surface area contributed by atoms with E-state index < -0.39 is 36.9 Å². The highest BCUT2D eigenvalue weighted by Crippen LogP contribution is 2.23. The lowest BCUT2D eigenvalue weighted by atomic mass is 10.2. The van der Waals surface area contributed by atoms with E-state index in [0.29, 0.717) is 0 Å². The van der Waals surface area contributed by atoms with Crippen molar-refractivity contribution < 1.29 is 29.3 Å². The maximum atomic E-state index is 11.7. The Kier molecular flexibility index (Phi) is 5.48. The zero-order valence-electron chi connectivity index (χ0n) is 10.4. The van der Waals surface area contributed by atoms with Gasteiger partial charge in [-0.05, 0) is 12.1 Å². The van der Waals surface area contributed by atoms with Crippen LogP contribution in [0.1, 0.15) is 6.42 Å². The van der Waals surface area contributed by atoms with Crippen LogP contribution in [0.25, 0.3) is 0 Å². The number of para-hydroxylation sites is 2. The fraction of sp³-hybridized carbons (Fsp3) is 0.250. The van der Waals surface area contributed by atoms with Crippen molar-refractivity contribution >= 4 is 23.5 Å². The summed E-state index contributed by atoms with van der Waals surface area (Å²) in [6.45, 7) is -0.561. The number of benzene rings is 1. The van der Waals surface area contributed by atoms with E-state index in [1.807, 2.05) is 0 Å². The van der Waals surface area contributed by atoms with Crippen LogP contribution in [0.4, 0.5) is 5.69 Å². The highest BCUT2D eigenvalue weighted by molar-refractivity contribution is 5.97. The molecule has 5 N–H and O–H groups in total. The molecule has 0 fully saturated rings. The van der Waals surface area contributed by atoms with Gasteiger partial charge in [-0.1, -0.05) is 12.1 Å². The van der Waals surface area contributed by atoms with Gasteiger partial charge in [0.05, 0.1) is 18.2 Å². The Morgan fingerprint density at radius 3 is 2.45 bits per heavy atom. The third-order valence-corrected chi connectivity index (χ3v) is 2.23. The van der Waals surface area contributed by atoms with Gasteiger partial charge >= 0.3 is 11.9 Å². The molecule has 0 heterocycles. The van der Waals surface area contributed by atoms with E-state index in [2.05, 4.69) is 5.32 Å². The first kappa shape index (κ1) is 15.4. The quantitative estimate of drug-likeness (QED) is 0.547. The number of carboxylic acids is 2. The van der Waals surface area contributed by atoms with E-state index in [4.69, 9.17) is 20.7 Å². The summed E-state index contributed by atoms with van der Waals surface area (Å²) >= 11 is 0. The first-order valence-electron chi connectivity index (χ1n) is 5.62. The average Bonchev–Trinajstić information content (AvgIpc) is 2.36. The Labute approximate surface area is 114 Å². The minimum atomic E-state index is -1.21. The first-order valence-corrected chi connectivity index (χ1v) is 5.62. The summed E-state index contributed by atoms with van der Waals surface area (Å²) in [5, 5.41) is 19.5. The van der Waals surface area contributed by atoms with Gasteiger partial charge in [0, 0.05) is 0 Å². The molecule has 20 heavy (non-hydrogen) atoms.